The van der Waals surface area contributed by atoms with E-state index in [1.54, 1.807) is 0 Å². The summed E-state index contributed by atoms with van der Waals surface area (Å²) in [5, 5.41) is 4.46. The zero-order chi connectivity index (χ0) is 16.1. The maximum absolute atomic E-state index is 11.8. The molecule has 2 aromatic heterocycles. The molecule has 0 atom stereocenters. The second-order valence-corrected chi connectivity index (χ2v) is 6.93. The van der Waals surface area contributed by atoms with Gasteiger partial charge in [-0.15, -0.1) is 0 Å². The fourth-order valence-electron chi connectivity index (χ4n) is 3.48. The number of amides is 1. The van der Waals surface area contributed by atoms with E-state index in [-0.39, 0.29) is 5.91 Å². The number of hydrogen-bond acceptors (Lipinski definition) is 5. The van der Waals surface area contributed by atoms with E-state index in [0.717, 1.165) is 43.4 Å². The number of rotatable bonds is 4. The van der Waals surface area contributed by atoms with Crippen LogP contribution in [-0.2, 0) is 4.79 Å². The van der Waals surface area contributed by atoms with Crippen LogP contribution >= 0.6 is 0 Å². The van der Waals surface area contributed by atoms with E-state index in [2.05, 4.69) is 15.0 Å². The summed E-state index contributed by atoms with van der Waals surface area (Å²) < 4.78 is 1.99. The molecule has 3 fully saturated rings. The van der Waals surface area contributed by atoms with E-state index >= 15 is 0 Å². The molecule has 124 valence electrons. The van der Waals surface area contributed by atoms with E-state index in [1.807, 2.05) is 34.2 Å². The zero-order valence-corrected chi connectivity index (χ0v) is 13.5. The highest BCUT2D eigenvalue weighted by Crippen LogP contribution is 2.38. The first-order valence-corrected chi connectivity index (χ1v) is 8.70. The minimum absolute atomic E-state index is 0.207. The highest BCUT2D eigenvalue weighted by atomic mass is 16.2. The maximum Gasteiger partial charge on any atom is 0.227 e. The van der Waals surface area contributed by atoms with Crippen LogP contribution < -0.4 is 9.80 Å². The van der Waals surface area contributed by atoms with Gasteiger partial charge in [0.05, 0.1) is 17.9 Å². The molecule has 0 unspecified atom stereocenters. The lowest BCUT2D eigenvalue weighted by molar-refractivity contribution is -0.117. The molecule has 24 heavy (non-hydrogen) atoms. The molecule has 1 saturated carbocycles. The van der Waals surface area contributed by atoms with E-state index < -0.39 is 0 Å². The molecular formula is C17H20N6O. The molecule has 2 saturated heterocycles. The van der Waals surface area contributed by atoms with Gasteiger partial charge in [-0.05, 0) is 25.3 Å². The van der Waals surface area contributed by atoms with Gasteiger partial charge in [-0.25, -0.2) is 9.97 Å². The van der Waals surface area contributed by atoms with Crippen molar-refractivity contribution in [1.82, 2.24) is 19.7 Å². The third-order valence-electron chi connectivity index (χ3n) is 5.14. The topological polar surface area (TPSA) is 67.2 Å². The van der Waals surface area contributed by atoms with Crippen LogP contribution in [0.25, 0.3) is 0 Å². The van der Waals surface area contributed by atoms with Crippen molar-refractivity contribution in [2.75, 3.05) is 29.4 Å². The van der Waals surface area contributed by atoms with Crippen molar-refractivity contribution in [2.45, 2.75) is 37.6 Å². The maximum atomic E-state index is 11.8. The summed E-state index contributed by atoms with van der Waals surface area (Å²) in [7, 11) is 0. The van der Waals surface area contributed by atoms with Crippen LogP contribution in [-0.4, -0.2) is 45.3 Å². The van der Waals surface area contributed by atoms with Gasteiger partial charge in [-0.2, -0.15) is 5.10 Å². The fourth-order valence-corrected chi connectivity index (χ4v) is 3.48. The number of anilines is 2. The molecule has 2 aliphatic heterocycles. The first kappa shape index (κ1) is 13.9. The lowest BCUT2D eigenvalue weighted by atomic mass is 10.1. The molecule has 2 aromatic rings. The smallest absolute Gasteiger partial charge is 0.227 e. The van der Waals surface area contributed by atoms with Crippen molar-refractivity contribution in [1.29, 1.82) is 0 Å². The van der Waals surface area contributed by atoms with Crippen LogP contribution in [0.4, 0.5) is 11.5 Å². The van der Waals surface area contributed by atoms with E-state index in [4.69, 9.17) is 4.98 Å². The molecular weight excluding hydrogens is 304 g/mol. The van der Waals surface area contributed by atoms with Crippen LogP contribution in [0.3, 0.4) is 0 Å². The minimum atomic E-state index is 0.207. The molecule has 3 aliphatic rings. The van der Waals surface area contributed by atoms with Gasteiger partial charge in [0.1, 0.15) is 11.6 Å². The van der Waals surface area contributed by atoms with Crippen LogP contribution in [0.2, 0.25) is 0 Å². The Kier molecular flexibility index (Phi) is 3.08. The summed E-state index contributed by atoms with van der Waals surface area (Å²) in [5.41, 5.74) is 0.925. The lowest BCUT2D eigenvalue weighted by Crippen LogP contribution is -2.48. The standard InChI is InChI=1S/C17H20N6O/c24-16-2-1-7-22(16)13-8-19-23(11-13)14-9-21(10-14)15-5-6-18-17(20-15)12-3-4-12/h5-6,8,11-12,14H,1-4,7,9-10H2. The molecule has 1 aliphatic carbocycles. The fraction of sp³-hybridized carbons (Fsp3) is 0.529. The normalized spacial score (nSPS) is 21.4. The van der Waals surface area contributed by atoms with Gasteiger partial charge in [-0.1, -0.05) is 0 Å². The number of nitrogens with zero attached hydrogens (tertiary/aromatic N) is 6. The SMILES string of the molecule is O=C1CCCN1c1cnn(C2CN(c3ccnc(C4CC4)n3)C2)c1. The van der Waals surface area contributed by atoms with Crippen LogP contribution in [0.5, 0.6) is 0 Å². The summed E-state index contributed by atoms with van der Waals surface area (Å²) in [4.78, 5) is 25.0. The van der Waals surface area contributed by atoms with Crippen molar-refractivity contribution in [2.24, 2.45) is 0 Å². The summed E-state index contributed by atoms with van der Waals surface area (Å²) in [6, 6.07) is 2.33. The largest absolute Gasteiger partial charge is 0.352 e. The van der Waals surface area contributed by atoms with Crippen LogP contribution in [0, 0.1) is 0 Å². The molecule has 4 heterocycles. The van der Waals surface area contributed by atoms with Crippen molar-refractivity contribution in [3.63, 3.8) is 0 Å². The number of carbonyl (C=O) groups excluding carboxylic acids is 1. The summed E-state index contributed by atoms with van der Waals surface area (Å²) in [6.07, 6.45) is 9.71. The first-order chi connectivity index (χ1) is 11.8. The van der Waals surface area contributed by atoms with Gasteiger partial charge in [0, 0.05) is 44.4 Å². The van der Waals surface area contributed by atoms with Crippen molar-refractivity contribution in [3.05, 3.63) is 30.5 Å². The Morgan fingerprint density at radius 1 is 1.21 bits per heavy atom. The van der Waals surface area contributed by atoms with Crippen LogP contribution in [0.15, 0.2) is 24.7 Å². The van der Waals surface area contributed by atoms with E-state index in [9.17, 15) is 4.79 Å². The number of aromatic nitrogens is 4. The average Bonchev–Trinajstić information content (AvgIpc) is 3.15. The average molecular weight is 324 g/mol. The van der Waals surface area contributed by atoms with Crippen molar-refractivity contribution < 1.29 is 4.79 Å². The molecule has 5 rings (SSSR count). The second kappa shape index (κ2) is 5.29. The Balaban J connectivity index is 1.26. The Hall–Kier alpha value is -2.44. The van der Waals surface area contributed by atoms with Gasteiger partial charge in [-0.3, -0.25) is 9.48 Å². The molecule has 0 bridgehead atoms. The Bertz CT molecular complexity index is 777. The molecule has 0 radical (unpaired) electrons. The predicted octanol–water partition coefficient (Wildman–Crippen LogP) is 1.74. The highest BCUT2D eigenvalue weighted by molar-refractivity contribution is 5.95. The Morgan fingerprint density at radius 2 is 2.08 bits per heavy atom. The van der Waals surface area contributed by atoms with Gasteiger partial charge in [0.15, 0.2) is 0 Å². The lowest BCUT2D eigenvalue weighted by Gasteiger charge is -2.40. The number of hydrogen-bond donors (Lipinski definition) is 0. The summed E-state index contributed by atoms with van der Waals surface area (Å²) in [5.74, 6) is 2.79. The van der Waals surface area contributed by atoms with Gasteiger partial charge < -0.3 is 9.80 Å². The molecule has 0 aromatic carbocycles. The third kappa shape index (κ3) is 2.35. The zero-order valence-electron chi connectivity index (χ0n) is 13.5. The van der Waals surface area contributed by atoms with Crippen molar-refractivity contribution >= 4 is 17.4 Å². The van der Waals surface area contributed by atoms with Gasteiger partial charge >= 0.3 is 0 Å². The first-order valence-electron chi connectivity index (χ1n) is 8.70. The van der Waals surface area contributed by atoms with E-state index in [0.29, 0.717) is 18.4 Å². The molecule has 0 spiro atoms. The minimum Gasteiger partial charge on any atom is -0.352 e. The molecule has 7 nitrogen and oxygen atoms in total. The highest BCUT2D eigenvalue weighted by Gasteiger charge is 2.32. The molecule has 7 heteroatoms. The Morgan fingerprint density at radius 3 is 2.83 bits per heavy atom. The monoisotopic (exact) mass is 324 g/mol. The quantitative estimate of drug-likeness (QED) is 0.857. The van der Waals surface area contributed by atoms with Crippen LogP contribution in [0.1, 0.15) is 43.5 Å². The van der Waals surface area contributed by atoms with Gasteiger partial charge in [0.25, 0.3) is 0 Å². The summed E-state index contributed by atoms with van der Waals surface area (Å²) >= 11 is 0. The van der Waals surface area contributed by atoms with E-state index in [1.165, 1.54) is 12.8 Å². The molecule has 0 N–H and O–H groups in total. The summed E-state index contributed by atoms with van der Waals surface area (Å²) in [6.45, 7) is 2.61. The Labute approximate surface area is 140 Å². The molecule has 1 amide bonds. The number of carbonyl (C=O) groups is 1. The predicted molar refractivity (Wildman–Crippen MR) is 89.1 cm³/mol. The van der Waals surface area contributed by atoms with Gasteiger partial charge in [0.2, 0.25) is 5.91 Å². The third-order valence-corrected chi connectivity index (χ3v) is 5.14. The second-order valence-electron chi connectivity index (χ2n) is 6.93. The van der Waals surface area contributed by atoms with Crippen molar-refractivity contribution in [3.8, 4) is 0 Å².